The van der Waals surface area contributed by atoms with Gasteiger partial charge in [0.1, 0.15) is 0 Å². The summed E-state index contributed by atoms with van der Waals surface area (Å²) in [5.41, 5.74) is 0.631. The van der Waals surface area contributed by atoms with Gasteiger partial charge in [0.25, 0.3) is 5.56 Å². The van der Waals surface area contributed by atoms with Gasteiger partial charge in [0.15, 0.2) is 5.16 Å². The highest BCUT2D eigenvalue weighted by atomic mass is 32.2. The van der Waals surface area contributed by atoms with Crippen LogP contribution in [-0.4, -0.2) is 27.2 Å². The van der Waals surface area contributed by atoms with Crippen molar-refractivity contribution in [3.05, 3.63) is 22.1 Å². The number of H-pyrrole nitrogens is 1. The van der Waals surface area contributed by atoms with E-state index in [4.69, 9.17) is 0 Å². The fourth-order valence-electron chi connectivity index (χ4n) is 2.53. The molecule has 0 aromatic carbocycles. The number of thioether (sulfide) groups is 1. The summed E-state index contributed by atoms with van der Waals surface area (Å²) in [5.74, 6) is 0.0236. The SMILES string of the molecule is CCCc1cc(=O)[nH]c(SC(C)C(=O)NC2CCCC2)n1. The molecule has 0 aliphatic heterocycles. The maximum absolute atomic E-state index is 12.1. The molecule has 0 radical (unpaired) electrons. The number of hydrogen-bond acceptors (Lipinski definition) is 4. The first-order valence-corrected chi connectivity index (χ1v) is 8.53. The molecule has 6 heteroatoms. The molecule has 5 nitrogen and oxygen atoms in total. The minimum Gasteiger partial charge on any atom is -0.352 e. The topological polar surface area (TPSA) is 74.8 Å². The van der Waals surface area contributed by atoms with E-state index in [1.54, 1.807) is 0 Å². The smallest absolute Gasteiger partial charge is 0.251 e. The van der Waals surface area contributed by atoms with Gasteiger partial charge in [0.05, 0.1) is 5.25 Å². The number of nitrogens with one attached hydrogen (secondary N) is 2. The first-order valence-electron chi connectivity index (χ1n) is 7.65. The van der Waals surface area contributed by atoms with Gasteiger partial charge in [-0.3, -0.25) is 9.59 Å². The van der Waals surface area contributed by atoms with E-state index in [1.807, 2.05) is 13.8 Å². The minimum atomic E-state index is -0.259. The third-order valence-corrected chi connectivity index (χ3v) is 4.62. The monoisotopic (exact) mass is 309 g/mol. The van der Waals surface area contributed by atoms with E-state index in [0.717, 1.165) is 31.4 Å². The molecule has 1 aliphatic carbocycles. The lowest BCUT2D eigenvalue weighted by Crippen LogP contribution is -2.37. The Kier molecular flexibility index (Phi) is 5.85. The zero-order valence-electron chi connectivity index (χ0n) is 12.6. The second-order valence-corrected chi connectivity index (χ2v) is 6.87. The van der Waals surface area contributed by atoms with Gasteiger partial charge in [-0.05, 0) is 26.2 Å². The molecular formula is C15H23N3O2S. The largest absolute Gasteiger partial charge is 0.352 e. The maximum atomic E-state index is 12.1. The van der Waals surface area contributed by atoms with Crippen molar-refractivity contribution in [2.45, 2.75) is 68.8 Å². The average molecular weight is 309 g/mol. The van der Waals surface area contributed by atoms with Crippen molar-refractivity contribution < 1.29 is 4.79 Å². The first kappa shape index (κ1) is 16.1. The molecule has 1 heterocycles. The molecule has 116 valence electrons. The van der Waals surface area contributed by atoms with Crippen LogP contribution < -0.4 is 10.9 Å². The Morgan fingerprint density at radius 2 is 2.24 bits per heavy atom. The van der Waals surface area contributed by atoms with Gasteiger partial charge in [0.2, 0.25) is 5.91 Å². The molecule has 1 amide bonds. The Labute approximate surface area is 129 Å². The van der Waals surface area contributed by atoms with Gasteiger partial charge in [-0.25, -0.2) is 4.98 Å². The number of aromatic amines is 1. The molecule has 1 fully saturated rings. The van der Waals surface area contributed by atoms with Crippen LogP contribution in [0, 0.1) is 0 Å². The number of aromatic nitrogens is 2. The van der Waals surface area contributed by atoms with Crippen LogP contribution >= 0.6 is 11.8 Å². The van der Waals surface area contributed by atoms with Crippen LogP contribution in [0.5, 0.6) is 0 Å². The lowest BCUT2D eigenvalue weighted by molar-refractivity contribution is -0.120. The summed E-state index contributed by atoms with van der Waals surface area (Å²) >= 11 is 1.31. The summed E-state index contributed by atoms with van der Waals surface area (Å²) in [6, 6.07) is 1.84. The number of aryl methyl sites for hydroxylation is 1. The quantitative estimate of drug-likeness (QED) is 0.624. The van der Waals surface area contributed by atoms with Gasteiger partial charge < -0.3 is 10.3 Å². The number of amides is 1. The van der Waals surface area contributed by atoms with Crippen molar-refractivity contribution in [1.82, 2.24) is 15.3 Å². The summed E-state index contributed by atoms with van der Waals surface area (Å²) in [4.78, 5) is 30.9. The lowest BCUT2D eigenvalue weighted by atomic mass is 10.2. The fraction of sp³-hybridized carbons (Fsp3) is 0.667. The normalized spacial score (nSPS) is 16.9. The Morgan fingerprint density at radius 3 is 2.90 bits per heavy atom. The van der Waals surface area contributed by atoms with Gasteiger partial charge >= 0.3 is 0 Å². The third kappa shape index (κ3) is 4.88. The van der Waals surface area contributed by atoms with Crippen LogP contribution in [0.1, 0.15) is 51.6 Å². The van der Waals surface area contributed by atoms with E-state index in [0.29, 0.717) is 11.2 Å². The standard InChI is InChI=1S/C15H23N3O2S/c1-3-6-12-9-13(19)18-15(17-12)21-10(2)14(20)16-11-7-4-5-8-11/h9-11H,3-8H2,1-2H3,(H,16,20)(H,17,18,19). The molecule has 0 spiro atoms. The van der Waals surface area contributed by atoms with Gasteiger partial charge in [-0.1, -0.05) is 37.9 Å². The van der Waals surface area contributed by atoms with E-state index in [2.05, 4.69) is 15.3 Å². The van der Waals surface area contributed by atoms with Crippen molar-refractivity contribution in [1.29, 1.82) is 0 Å². The second kappa shape index (κ2) is 7.64. The molecule has 2 rings (SSSR count). The number of nitrogens with zero attached hydrogens (tertiary/aromatic N) is 1. The van der Waals surface area contributed by atoms with Crippen molar-refractivity contribution in [3.63, 3.8) is 0 Å². The van der Waals surface area contributed by atoms with Gasteiger partial charge in [-0.15, -0.1) is 0 Å². The predicted octanol–water partition coefficient (Wildman–Crippen LogP) is 2.26. The van der Waals surface area contributed by atoms with E-state index in [9.17, 15) is 9.59 Å². The second-order valence-electron chi connectivity index (χ2n) is 5.54. The van der Waals surface area contributed by atoms with Crippen molar-refractivity contribution in [2.75, 3.05) is 0 Å². The van der Waals surface area contributed by atoms with Crippen LogP contribution in [0.3, 0.4) is 0 Å². The minimum absolute atomic E-state index is 0.0236. The number of rotatable bonds is 6. The number of carbonyl (C=O) groups excluding carboxylic acids is 1. The van der Waals surface area contributed by atoms with Crippen LogP contribution in [0.15, 0.2) is 16.0 Å². The molecule has 1 aromatic heterocycles. The van der Waals surface area contributed by atoms with Crippen LogP contribution in [0.2, 0.25) is 0 Å². The summed E-state index contributed by atoms with van der Waals surface area (Å²) in [7, 11) is 0. The molecule has 1 saturated carbocycles. The molecule has 21 heavy (non-hydrogen) atoms. The Bertz CT molecular complexity index is 538. The summed E-state index contributed by atoms with van der Waals surface area (Å²) in [5, 5.41) is 3.34. The van der Waals surface area contributed by atoms with E-state index in [-0.39, 0.29) is 16.7 Å². The van der Waals surface area contributed by atoms with E-state index in [1.165, 1.54) is 30.7 Å². The lowest BCUT2D eigenvalue weighted by Gasteiger charge is -2.16. The van der Waals surface area contributed by atoms with Crippen molar-refractivity contribution in [3.8, 4) is 0 Å². The molecule has 0 bridgehead atoms. The van der Waals surface area contributed by atoms with Gasteiger partial charge in [0, 0.05) is 17.8 Å². The average Bonchev–Trinajstić information content (AvgIpc) is 2.91. The van der Waals surface area contributed by atoms with Crippen molar-refractivity contribution >= 4 is 17.7 Å². The van der Waals surface area contributed by atoms with Crippen LogP contribution in [-0.2, 0) is 11.2 Å². The summed E-state index contributed by atoms with van der Waals surface area (Å²) in [6.07, 6.45) is 6.26. The van der Waals surface area contributed by atoms with E-state index < -0.39 is 0 Å². The van der Waals surface area contributed by atoms with Gasteiger partial charge in [-0.2, -0.15) is 0 Å². The molecule has 1 atom stereocenters. The molecule has 0 saturated heterocycles. The Balaban J connectivity index is 1.96. The van der Waals surface area contributed by atoms with E-state index >= 15 is 0 Å². The molecular weight excluding hydrogens is 286 g/mol. The molecule has 1 aliphatic rings. The summed E-state index contributed by atoms with van der Waals surface area (Å²) < 4.78 is 0. The van der Waals surface area contributed by atoms with Crippen LogP contribution in [0.4, 0.5) is 0 Å². The number of carbonyl (C=O) groups is 1. The highest BCUT2D eigenvalue weighted by Crippen LogP contribution is 2.21. The summed E-state index contributed by atoms with van der Waals surface area (Å²) in [6.45, 7) is 3.90. The number of hydrogen-bond donors (Lipinski definition) is 2. The Hall–Kier alpha value is -1.30. The molecule has 1 aromatic rings. The zero-order chi connectivity index (χ0) is 15.2. The fourth-order valence-corrected chi connectivity index (χ4v) is 3.37. The molecule has 2 N–H and O–H groups in total. The molecule has 1 unspecified atom stereocenters. The maximum Gasteiger partial charge on any atom is 0.251 e. The first-order chi connectivity index (χ1) is 10.1. The zero-order valence-corrected chi connectivity index (χ0v) is 13.5. The van der Waals surface area contributed by atoms with Crippen molar-refractivity contribution in [2.24, 2.45) is 0 Å². The Morgan fingerprint density at radius 1 is 1.52 bits per heavy atom. The third-order valence-electron chi connectivity index (χ3n) is 3.64. The van der Waals surface area contributed by atoms with Crippen LogP contribution in [0.25, 0.3) is 0 Å². The highest BCUT2D eigenvalue weighted by Gasteiger charge is 2.21. The predicted molar refractivity (Wildman–Crippen MR) is 84.6 cm³/mol. The highest BCUT2D eigenvalue weighted by molar-refractivity contribution is 8.00.